The summed E-state index contributed by atoms with van der Waals surface area (Å²) < 4.78 is 33.9. The highest BCUT2D eigenvalue weighted by molar-refractivity contribution is 7.92. The van der Waals surface area contributed by atoms with Crippen LogP contribution in [0.3, 0.4) is 0 Å². The van der Waals surface area contributed by atoms with Gasteiger partial charge in [-0.25, -0.2) is 8.42 Å². The highest BCUT2D eigenvalue weighted by atomic mass is 32.2. The Morgan fingerprint density at radius 3 is 2.05 bits per heavy atom. The maximum absolute atomic E-state index is 13.9. The highest BCUT2D eigenvalue weighted by Gasteiger charge is 2.33. The zero-order chi connectivity index (χ0) is 28.8. The van der Waals surface area contributed by atoms with Crippen molar-refractivity contribution in [1.82, 2.24) is 10.2 Å². The Bertz CT molecular complexity index is 1370. The van der Waals surface area contributed by atoms with Crippen molar-refractivity contribution in [2.75, 3.05) is 18.0 Å². The van der Waals surface area contributed by atoms with Crippen LogP contribution in [0.15, 0.2) is 83.8 Å². The first-order valence-electron chi connectivity index (χ1n) is 12.7. The van der Waals surface area contributed by atoms with Crippen LogP contribution in [0.25, 0.3) is 0 Å². The van der Waals surface area contributed by atoms with E-state index in [4.69, 9.17) is 4.74 Å². The minimum atomic E-state index is -4.13. The molecule has 0 fully saturated rings. The van der Waals surface area contributed by atoms with E-state index in [0.717, 1.165) is 15.4 Å². The molecule has 9 heteroatoms. The van der Waals surface area contributed by atoms with E-state index < -0.39 is 34.1 Å². The number of methoxy groups -OCH3 is 1. The van der Waals surface area contributed by atoms with Crippen molar-refractivity contribution in [3.05, 3.63) is 90.0 Å². The summed E-state index contributed by atoms with van der Waals surface area (Å²) >= 11 is 0. The number of rotatable bonds is 10. The SMILES string of the molecule is COc1ccc(S(=O)(=O)N(CC(=O)N(Cc2ccc(C)cc2)[C@H](C)C(=O)NC(C)(C)C)c2ccccc2)cc1. The van der Waals surface area contributed by atoms with E-state index >= 15 is 0 Å². The van der Waals surface area contributed by atoms with Crippen molar-refractivity contribution in [2.24, 2.45) is 0 Å². The summed E-state index contributed by atoms with van der Waals surface area (Å²) in [6, 6.07) is 21.3. The van der Waals surface area contributed by atoms with Gasteiger partial charge < -0.3 is 15.0 Å². The highest BCUT2D eigenvalue weighted by Crippen LogP contribution is 2.26. The van der Waals surface area contributed by atoms with Crippen molar-refractivity contribution in [1.29, 1.82) is 0 Å². The number of nitrogens with zero attached hydrogens (tertiary/aromatic N) is 2. The van der Waals surface area contributed by atoms with Crippen LogP contribution in [-0.2, 0) is 26.2 Å². The molecule has 0 bridgehead atoms. The molecule has 0 heterocycles. The van der Waals surface area contributed by atoms with Crippen LogP contribution in [0, 0.1) is 6.92 Å². The molecule has 8 nitrogen and oxygen atoms in total. The number of carbonyl (C=O) groups is 2. The summed E-state index contributed by atoms with van der Waals surface area (Å²) in [4.78, 5) is 28.5. The molecule has 0 aliphatic carbocycles. The van der Waals surface area contributed by atoms with Crippen LogP contribution in [0.5, 0.6) is 5.75 Å². The zero-order valence-electron chi connectivity index (χ0n) is 23.3. The lowest BCUT2D eigenvalue weighted by atomic mass is 10.1. The van der Waals surface area contributed by atoms with Gasteiger partial charge in [-0.3, -0.25) is 13.9 Å². The topological polar surface area (TPSA) is 96.0 Å². The van der Waals surface area contributed by atoms with Crippen LogP contribution < -0.4 is 14.4 Å². The van der Waals surface area contributed by atoms with Gasteiger partial charge >= 0.3 is 0 Å². The number of aryl methyl sites for hydroxylation is 1. The second-order valence-electron chi connectivity index (χ2n) is 10.4. The first kappa shape index (κ1) is 29.7. The van der Waals surface area contributed by atoms with Crippen molar-refractivity contribution in [3.8, 4) is 5.75 Å². The third-order valence-electron chi connectivity index (χ3n) is 6.11. The number of carbonyl (C=O) groups excluding carboxylic acids is 2. The van der Waals surface area contributed by atoms with Crippen LogP contribution in [-0.4, -0.2) is 50.4 Å². The van der Waals surface area contributed by atoms with Gasteiger partial charge in [0.05, 0.1) is 17.7 Å². The molecule has 0 radical (unpaired) electrons. The van der Waals surface area contributed by atoms with Gasteiger partial charge in [-0.1, -0.05) is 48.0 Å². The molecule has 0 spiro atoms. The van der Waals surface area contributed by atoms with E-state index in [2.05, 4.69) is 5.32 Å². The standard InChI is InChI=1S/C30H37N3O5S/c1-22-12-14-24(15-13-22)20-32(23(2)29(35)31-30(3,4)5)28(34)21-33(25-10-8-7-9-11-25)39(36,37)27-18-16-26(38-6)17-19-27/h7-19,23H,20-21H2,1-6H3,(H,31,35)/t23-/m1/s1. The van der Waals surface area contributed by atoms with Gasteiger partial charge in [0.25, 0.3) is 10.0 Å². The van der Waals surface area contributed by atoms with E-state index in [1.807, 2.05) is 52.0 Å². The lowest BCUT2D eigenvalue weighted by molar-refractivity contribution is -0.140. The maximum atomic E-state index is 13.9. The number of hydrogen-bond acceptors (Lipinski definition) is 5. The van der Waals surface area contributed by atoms with Crippen molar-refractivity contribution < 1.29 is 22.7 Å². The van der Waals surface area contributed by atoms with Crippen molar-refractivity contribution in [2.45, 2.75) is 57.6 Å². The molecule has 2 amide bonds. The Morgan fingerprint density at radius 2 is 1.51 bits per heavy atom. The molecule has 39 heavy (non-hydrogen) atoms. The molecule has 0 unspecified atom stereocenters. The molecule has 1 atom stereocenters. The minimum absolute atomic E-state index is 0.0172. The molecule has 208 valence electrons. The molecular formula is C30H37N3O5S. The first-order valence-corrected chi connectivity index (χ1v) is 14.1. The fourth-order valence-corrected chi connectivity index (χ4v) is 5.36. The lowest BCUT2D eigenvalue weighted by Crippen LogP contribution is -2.54. The Hall–Kier alpha value is -3.85. The van der Waals surface area contributed by atoms with Crippen LogP contribution in [0.4, 0.5) is 5.69 Å². The second kappa shape index (κ2) is 12.3. The summed E-state index contributed by atoms with van der Waals surface area (Å²) in [5, 5.41) is 2.92. The number of benzene rings is 3. The van der Waals surface area contributed by atoms with E-state index in [1.165, 1.54) is 24.1 Å². The Balaban J connectivity index is 2.00. The summed E-state index contributed by atoms with van der Waals surface area (Å²) in [5.41, 5.74) is 1.73. The average Bonchev–Trinajstić information content (AvgIpc) is 2.90. The average molecular weight is 552 g/mol. The first-order chi connectivity index (χ1) is 18.3. The minimum Gasteiger partial charge on any atom is -0.497 e. The molecule has 0 aliphatic heterocycles. The van der Waals surface area contributed by atoms with Crippen molar-refractivity contribution >= 4 is 27.5 Å². The van der Waals surface area contributed by atoms with Crippen LogP contribution in [0.2, 0.25) is 0 Å². The fourth-order valence-electron chi connectivity index (χ4n) is 3.94. The molecular weight excluding hydrogens is 514 g/mol. The van der Waals surface area contributed by atoms with E-state index in [0.29, 0.717) is 11.4 Å². The van der Waals surface area contributed by atoms with Gasteiger partial charge in [-0.05, 0) is 76.6 Å². The number of sulfonamides is 1. The zero-order valence-corrected chi connectivity index (χ0v) is 24.2. The number of nitrogens with one attached hydrogen (secondary N) is 1. The Kier molecular flexibility index (Phi) is 9.40. The molecule has 0 aromatic heterocycles. The normalized spacial score (nSPS) is 12.4. The molecule has 1 N–H and O–H groups in total. The van der Waals surface area contributed by atoms with Gasteiger partial charge in [0, 0.05) is 12.1 Å². The number of amides is 2. The molecule has 3 aromatic rings. The smallest absolute Gasteiger partial charge is 0.264 e. The third kappa shape index (κ3) is 7.83. The molecule has 3 rings (SSSR count). The lowest BCUT2D eigenvalue weighted by Gasteiger charge is -2.33. The fraction of sp³-hybridized carbons (Fsp3) is 0.333. The van der Waals surface area contributed by atoms with Gasteiger partial charge in [-0.15, -0.1) is 0 Å². The number of anilines is 1. The monoisotopic (exact) mass is 551 g/mol. The van der Waals surface area contributed by atoms with E-state index in [9.17, 15) is 18.0 Å². The van der Waals surface area contributed by atoms with Gasteiger partial charge in [0.15, 0.2) is 0 Å². The van der Waals surface area contributed by atoms with E-state index in [1.54, 1.807) is 49.4 Å². The molecule has 0 aliphatic rings. The van der Waals surface area contributed by atoms with Crippen LogP contribution in [0.1, 0.15) is 38.8 Å². The third-order valence-corrected chi connectivity index (χ3v) is 7.90. The largest absolute Gasteiger partial charge is 0.497 e. The Labute approximate surface area is 231 Å². The number of ether oxygens (including phenoxy) is 1. The quantitative estimate of drug-likeness (QED) is 0.399. The summed E-state index contributed by atoms with van der Waals surface area (Å²) in [6.45, 7) is 8.86. The van der Waals surface area contributed by atoms with Crippen LogP contribution >= 0.6 is 0 Å². The summed E-state index contributed by atoms with van der Waals surface area (Å²) in [7, 11) is -2.63. The number of para-hydroxylation sites is 1. The van der Waals surface area contributed by atoms with Crippen molar-refractivity contribution in [3.63, 3.8) is 0 Å². The molecule has 3 aromatic carbocycles. The van der Waals surface area contributed by atoms with Gasteiger partial charge in [0.2, 0.25) is 11.8 Å². The Morgan fingerprint density at radius 1 is 0.923 bits per heavy atom. The summed E-state index contributed by atoms with van der Waals surface area (Å²) in [5.74, 6) is -0.320. The molecule has 0 saturated carbocycles. The molecule has 0 saturated heterocycles. The maximum Gasteiger partial charge on any atom is 0.264 e. The predicted molar refractivity (Wildman–Crippen MR) is 153 cm³/mol. The second-order valence-corrected chi connectivity index (χ2v) is 12.3. The van der Waals surface area contributed by atoms with Gasteiger partial charge in [-0.2, -0.15) is 0 Å². The van der Waals surface area contributed by atoms with Gasteiger partial charge in [0.1, 0.15) is 18.3 Å². The number of hydrogen-bond donors (Lipinski definition) is 1. The summed E-state index contributed by atoms with van der Waals surface area (Å²) in [6.07, 6.45) is 0. The predicted octanol–water partition coefficient (Wildman–Crippen LogP) is 4.53. The van der Waals surface area contributed by atoms with E-state index in [-0.39, 0.29) is 17.3 Å².